The van der Waals surface area contributed by atoms with Crippen LogP contribution in [0.3, 0.4) is 0 Å². The zero-order valence-corrected chi connectivity index (χ0v) is 23.0. The van der Waals surface area contributed by atoms with Crippen LogP contribution < -0.4 is 9.80 Å². The summed E-state index contributed by atoms with van der Waals surface area (Å²) >= 11 is 0. The molecule has 0 atom stereocenters. The highest BCUT2D eigenvalue weighted by molar-refractivity contribution is 5.95. The van der Waals surface area contributed by atoms with Crippen LogP contribution in [-0.4, -0.2) is 43.8 Å². The number of rotatable bonds is 9. The second kappa shape index (κ2) is 13.3. The van der Waals surface area contributed by atoms with Crippen LogP contribution in [0.25, 0.3) is 17.2 Å². The minimum absolute atomic E-state index is 0.0665. The van der Waals surface area contributed by atoms with Gasteiger partial charge in [0.1, 0.15) is 0 Å². The minimum Gasteiger partial charge on any atom is -0.463 e. The van der Waals surface area contributed by atoms with Crippen LogP contribution in [0.4, 0.5) is 11.4 Å². The summed E-state index contributed by atoms with van der Waals surface area (Å²) in [6, 6.07) is 24.4. The quantitative estimate of drug-likeness (QED) is 0.270. The van der Waals surface area contributed by atoms with Crippen molar-refractivity contribution in [3.05, 3.63) is 90.0 Å². The highest BCUT2D eigenvalue weighted by Gasteiger charge is 2.29. The van der Waals surface area contributed by atoms with Gasteiger partial charge in [0.2, 0.25) is 5.91 Å². The molecule has 0 aromatic heterocycles. The van der Waals surface area contributed by atoms with Gasteiger partial charge in [0, 0.05) is 37.5 Å². The molecule has 0 heterocycles. The molecule has 6 nitrogen and oxygen atoms in total. The van der Waals surface area contributed by atoms with Crippen LogP contribution in [-0.2, 0) is 20.9 Å². The van der Waals surface area contributed by atoms with Crippen LogP contribution in [0.5, 0.6) is 0 Å². The van der Waals surface area contributed by atoms with Gasteiger partial charge in [0.25, 0.3) is 0 Å². The molecule has 1 fully saturated rings. The van der Waals surface area contributed by atoms with E-state index < -0.39 is 5.97 Å². The van der Waals surface area contributed by atoms with E-state index >= 15 is 0 Å². The summed E-state index contributed by atoms with van der Waals surface area (Å²) in [5, 5.41) is 9.97. The van der Waals surface area contributed by atoms with Gasteiger partial charge in [-0.3, -0.25) is 4.79 Å². The number of hydrogen-bond donors (Lipinski definition) is 1. The Hall–Kier alpha value is -3.90. The molecule has 0 aliphatic heterocycles. The zero-order valence-electron chi connectivity index (χ0n) is 23.0. The highest BCUT2D eigenvalue weighted by atomic mass is 16.5. The largest absolute Gasteiger partial charge is 0.463 e. The first-order chi connectivity index (χ1) is 18.8. The summed E-state index contributed by atoms with van der Waals surface area (Å²) in [7, 11) is 4.05. The fraction of sp³-hybridized carbons (Fsp3) is 0.333. The van der Waals surface area contributed by atoms with Crippen molar-refractivity contribution in [3.8, 4) is 11.1 Å². The number of aliphatic hydroxyl groups is 1. The third-order valence-corrected chi connectivity index (χ3v) is 7.20. The summed E-state index contributed by atoms with van der Waals surface area (Å²) in [5.41, 5.74) is 6.03. The van der Waals surface area contributed by atoms with Crippen molar-refractivity contribution in [3.63, 3.8) is 0 Å². The fourth-order valence-corrected chi connectivity index (χ4v) is 4.93. The lowest BCUT2D eigenvalue weighted by atomic mass is 9.86. The summed E-state index contributed by atoms with van der Waals surface area (Å²) in [5.74, 6) is -0.452. The molecule has 1 aliphatic rings. The van der Waals surface area contributed by atoms with Crippen LogP contribution in [0.15, 0.2) is 78.9 Å². The smallest absolute Gasteiger partial charge is 0.330 e. The summed E-state index contributed by atoms with van der Waals surface area (Å²) in [6.45, 7) is 2.53. The van der Waals surface area contributed by atoms with Gasteiger partial charge in [-0.1, -0.05) is 48.5 Å². The number of aliphatic hydroxyl groups excluding tert-OH is 1. The Kier molecular flexibility index (Phi) is 9.55. The molecule has 204 valence electrons. The van der Waals surface area contributed by atoms with E-state index in [1.165, 1.54) is 6.08 Å². The molecule has 6 heteroatoms. The second-order valence-electron chi connectivity index (χ2n) is 10.2. The third-order valence-electron chi connectivity index (χ3n) is 7.20. The number of hydrogen-bond acceptors (Lipinski definition) is 5. The number of nitrogens with zero attached hydrogens (tertiary/aromatic N) is 2. The van der Waals surface area contributed by atoms with Gasteiger partial charge >= 0.3 is 5.97 Å². The van der Waals surface area contributed by atoms with E-state index in [1.807, 2.05) is 43.3 Å². The molecule has 0 bridgehead atoms. The third kappa shape index (κ3) is 7.58. The number of anilines is 2. The summed E-state index contributed by atoms with van der Waals surface area (Å²) in [6.07, 6.45) is 5.44. The molecule has 3 aromatic carbocycles. The Morgan fingerprint density at radius 2 is 1.54 bits per heavy atom. The van der Waals surface area contributed by atoms with Crippen molar-refractivity contribution in [1.29, 1.82) is 0 Å². The Bertz CT molecular complexity index is 1270. The SMILES string of the molecule is CCOC(=O)/C=C/c1cccc(N(Cc2ccc(-c3ccc(N(C)C)cc3)cc2)C(=O)C2CCC(O)CC2)c1. The average Bonchev–Trinajstić information content (AvgIpc) is 2.95. The molecule has 1 amide bonds. The molecule has 0 spiro atoms. The monoisotopic (exact) mass is 526 g/mol. The summed E-state index contributed by atoms with van der Waals surface area (Å²) < 4.78 is 4.99. The van der Waals surface area contributed by atoms with E-state index in [2.05, 4.69) is 53.4 Å². The maximum Gasteiger partial charge on any atom is 0.330 e. The average molecular weight is 527 g/mol. The molecule has 0 unspecified atom stereocenters. The minimum atomic E-state index is -0.395. The van der Waals surface area contributed by atoms with Crippen LogP contribution in [0.1, 0.15) is 43.7 Å². The van der Waals surface area contributed by atoms with Crippen molar-refractivity contribution in [2.45, 2.75) is 45.3 Å². The number of benzene rings is 3. The second-order valence-corrected chi connectivity index (χ2v) is 10.2. The van der Waals surface area contributed by atoms with E-state index in [4.69, 9.17) is 4.74 Å². The number of ether oxygens (including phenoxy) is 1. The molecule has 39 heavy (non-hydrogen) atoms. The van der Waals surface area contributed by atoms with Gasteiger partial charge in [-0.15, -0.1) is 0 Å². The molecule has 0 saturated heterocycles. The normalized spacial score (nSPS) is 17.1. The predicted molar refractivity (Wildman–Crippen MR) is 157 cm³/mol. The van der Waals surface area contributed by atoms with Gasteiger partial charge in [-0.25, -0.2) is 4.79 Å². The number of carbonyl (C=O) groups excluding carboxylic acids is 2. The maximum absolute atomic E-state index is 13.8. The van der Waals surface area contributed by atoms with E-state index in [9.17, 15) is 14.7 Å². The van der Waals surface area contributed by atoms with Crippen LogP contribution in [0, 0.1) is 5.92 Å². The van der Waals surface area contributed by atoms with Gasteiger partial charge in [0.05, 0.1) is 19.3 Å². The molecule has 3 aromatic rings. The molecule has 1 saturated carbocycles. The lowest BCUT2D eigenvalue weighted by Crippen LogP contribution is -2.38. The van der Waals surface area contributed by atoms with Gasteiger partial charge in [-0.05, 0) is 85.2 Å². The lowest BCUT2D eigenvalue weighted by Gasteiger charge is -2.31. The molecule has 0 radical (unpaired) electrons. The maximum atomic E-state index is 13.8. The molecule has 1 aliphatic carbocycles. The van der Waals surface area contributed by atoms with Crippen molar-refractivity contribution in [1.82, 2.24) is 0 Å². The lowest BCUT2D eigenvalue weighted by molar-refractivity contribution is -0.137. The first-order valence-electron chi connectivity index (χ1n) is 13.6. The first-order valence-corrected chi connectivity index (χ1v) is 13.6. The fourth-order valence-electron chi connectivity index (χ4n) is 4.93. The molecular formula is C33H38N2O4. The van der Waals surface area contributed by atoms with Crippen molar-refractivity contribution in [2.75, 3.05) is 30.5 Å². The zero-order chi connectivity index (χ0) is 27.8. The standard InChI is InChI=1S/C33H38N2O4/c1-4-39-32(37)21-10-24-6-5-7-30(22-24)35(33(38)28-15-19-31(36)20-16-28)23-25-8-11-26(12-9-25)27-13-17-29(18-14-27)34(2)3/h5-14,17-18,21-22,28,31,36H,4,15-16,19-20,23H2,1-3H3/b21-10+. The van der Waals surface area contributed by atoms with Crippen molar-refractivity contribution in [2.24, 2.45) is 5.92 Å². The van der Waals surface area contributed by atoms with Gasteiger partial charge < -0.3 is 19.6 Å². The van der Waals surface area contributed by atoms with Crippen molar-refractivity contribution < 1.29 is 19.4 Å². The Balaban J connectivity index is 1.57. The molecule has 4 rings (SSSR count). The van der Waals surface area contributed by atoms with E-state index in [1.54, 1.807) is 13.0 Å². The van der Waals surface area contributed by atoms with E-state index in [-0.39, 0.29) is 17.9 Å². The highest BCUT2D eigenvalue weighted by Crippen LogP contribution is 2.30. The Morgan fingerprint density at radius 3 is 2.15 bits per heavy atom. The molecule has 1 N–H and O–H groups in total. The predicted octanol–water partition coefficient (Wildman–Crippen LogP) is 6.08. The number of amides is 1. The van der Waals surface area contributed by atoms with Crippen molar-refractivity contribution >= 4 is 29.3 Å². The first kappa shape index (κ1) is 28.1. The number of esters is 1. The number of carbonyl (C=O) groups is 2. The van der Waals surface area contributed by atoms with Crippen LogP contribution in [0.2, 0.25) is 0 Å². The Morgan fingerprint density at radius 1 is 0.897 bits per heavy atom. The van der Waals surface area contributed by atoms with E-state index in [0.717, 1.165) is 33.6 Å². The van der Waals surface area contributed by atoms with Gasteiger partial charge in [-0.2, -0.15) is 0 Å². The molecular weight excluding hydrogens is 488 g/mol. The Labute approximate surface area is 231 Å². The topological polar surface area (TPSA) is 70.1 Å². The summed E-state index contributed by atoms with van der Waals surface area (Å²) in [4.78, 5) is 29.5. The van der Waals surface area contributed by atoms with E-state index in [0.29, 0.717) is 38.8 Å². The van der Waals surface area contributed by atoms with Gasteiger partial charge in [0.15, 0.2) is 0 Å². The van der Waals surface area contributed by atoms with Crippen LogP contribution >= 0.6 is 0 Å².